The van der Waals surface area contributed by atoms with Gasteiger partial charge in [-0.1, -0.05) is 18.2 Å². The van der Waals surface area contributed by atoms with Gasteiger partial charge in [0.2, 0.25) is 5.91 Å². The summed E-state index contributed by atoms with van der Waals surface area (Å²) in [5.41, 5.74) is 4.51. The van der Waals surface area contributed by atoms with Gasteiger partial charge in [0.1, 0.15) is 12.4 Å². The van der Waals surface area contributed by atoms with Crippen molar-refractivity contribution in [3.05, 3.63) is 48.0 Å². The molecule has 2 aliphatic heterocycles. The topological polar surface area (TPSA) is 60.0 Å². The molecule has 6 heteroatoms. The molecule has 1 atom stereocenters. The van der Waals surface area contributed by atoms with E-state index < -0.39 is 0 Å². The van der Waals surface area contributed by atoms with Gasteiger partial charge >= 0.3 is 0 Å². The SMILES string of the molecule is CCOCC(=O)NC1CCOc2ccc(-c3ccc(N4CCOCC4)cc3)cc21. The van der Waals surface area contributed by atoms with Gasteiger partial charge in [0.05, 0.1) is 25.9 Å². The Bertz CT molecular complexity index is 831. The number of hydrogen-bond acceptors (Lipinski definition) is 5. The Balaban J connectivity index is 1.52. The maximum atomic E-state index is 12.1. The number of morpholine rings is 1. The van der Waals surface area contributed by atoms with Crippen LogP contribution in [0.5, 0.6) is 5.75 Å². The number of benzene rings is 2. The predicted molar refractivity (Wildman–Crippen MR) is 112 cm³/mol. The van der Waals surface area contributed by atoms with E-state index in [0.29, 0.717) is 13.2 Å². The van der Waals surface area contributed by atoms with Crippen LogP contribution in [0.1, 0.15) is 24.9 Å². The number of amides is 1. The highest BCUT2D eigenvalue weighted by molar-refractivity contribution is 5.78. The zero-order chi connectivity index (χ0) is 20.1. The van der Waals surface area contributed by atoms with Gasteiger partial charge in [0, 0.05) is 37.4 Å². The van der Waals surface area contributed by atoms with E-state index in [0.717, 1.165) is 55.2 Å². The van der Waals surface area contributed by atoms with Gasteiger partial charge in [-0.05, 0) is 42.3 Å². The lowest BCUT2D eigenvalue weighted by Crippen LogP contribution is -2.36. The molecule has 1 fully saturated rings. The Labute approximate surface area is 171 Å². The highest BCUT2D eigenvalue weighted by atomic mass is 16.5. The number of anilines is 1. The van der Waals surface area contributed by atoms with Crippen LogP contribution in [-0.2, 0) is 14.3 Å². The van der Waals surface area contributed by atoms with E-state index in [1.54, 1.807) is 0 Å². The van der Waals surface area contributed by atoms with Crippen LogP contribution in [0.4, 0.5) is 5.69 Å². The van der Waals surface area contributed by atoms with Crippen molar-refractivity contribution in [1.29, 1.82) is 0 Å². The Kier molecular flexibility index (Phi) is 6.32. The summed E-state index contributed by atoms with van der Waals surface area (Å²) in [4.78, 5) is 14.5. The molecule has 2 aromatic carbocycles. The molecule has 0 radical (unpaired) electrons. The summed E-state index contributed by atoms with van der Waals surface area (Å²) in [6, 6.07) is 14.8. The van der Waals surface area contributed by atoms with Crippen LogP contribution >= 0.6 is 0 Å². The van der Waals surface area contributed by atoms with Crippen LogP contribution < -0.4 is 15.0 Å². The average molecular weight is 396 g/mol. The maximum Gasteiger partial charge on any atom is 0.246 e. The fourth-order valence-electron chi connectivity index (χ4n) is 3.84. The summed E-state index contributed by atoms with van der Waals surface area (Å²) in [6.07, 6.45) is 0.754. The molecule has 6 nitrogen and oxygen atoms in total. The van der Waals surface area contributed by atoms with Gasteiger partial charge in [-0.3, -0.25) is 4.79 Å². The second-order valence-electron chi connectivity index (χ2n) is 7.29. The molecule has 0 aromatic heterocycles. The van der Waals surface area contributed by atoms with E-state index in [2.05, 4.69) is 46.6 Å². The highest BCUT2D eigenvalue weighted by Crippen LogP contribution is 2.36. The molecule has 2 aliphatic rings. The summed E-state index contributed by atoms with van der Waals surface area (Å²) >= 11 is 0. The third kappa shape index (κ3) is 4.71. The Hall–Kier alpha value is -2.57. The molecule has 29 heavy (non-hydrogen) atoms. The number of hydrogen-bond donors (Lipinski definition) is 1. The molecule has 2 aromatic rings. The van der Waals surface area contributed by atoms with E-state index in [4.69, 9.17) is 14.2 Å². The quantitative estimate of drug-likeness (QED) is 0.813. The van der Waals surface area contributed by atoms with Crippen molar-refractivity contribution in [2.75, 3.05) is 51.0 Å². The third-order valence-corrected chi connectivity index (χ3v) is 5.40. The lowest BCUT2D eigenvalue weighted by molar-refractivity contribution is -0.126. The molecule has 0 bridgehead atoms. The van der Waals surface area contributed by atoms with Crippen LogP contribution in [0, 0.1) is 0 Å². The van der Waals surface area contributed by atoms with Crippen LogP contribution in [0.25, 0.3) is 11.1 Å². The lowest BCUT2D eigenvalue weighted by Gasteiger charge is -2.29. The fraction of sp³-hybridized carbons (Fsp3) is 0.435. The summed E-state index contributed by atoms with van der Waals surface area (Å²) in [5, 5.41) is 3.08. The monoisotopic (exact) mass is 396 g/mol. The van der Waals surface area contributed by atoms with Gasteiger partial charge in [-0.2, -0.15) is 0 Å². The summed E-state index contributed by atoms with van der Waals surface area (Å²) < 4.78 is 16.5. The standard InChI is InChI=1S/C23H28N2O4/c1-2-27-16-23(26)24-21-9-12-29-22-8-5-18(15-20(21)22)17-3-6-19(7-4-17)25-10-13-28-14-11-25/h3-8,15,21H,2,9-14,16H2,1H3,(H,24,26). The molecule has 1 amide bonds. The van der Waals surface area contributed by atoms with Crippen molar-refractivity contribution in [3.63, 3.8) is 0 Å². The van der Waals surface area contributed by atoms with Crippen molar-refractivity contribution in [2.45, 2.75) is 19.4 Å². The molecule has 0 saturated carbocycles. The largest absolute Gasteiger partial charge is 0.493 e. The van der Waals surface area contributed by atoms with E-state index in [9.17, 15) is 4.79 Å². The second-order valence-corrected chi connectivity index (χ2v) is 7.29. The first-order chi connectivity index (χ1) is 14.2. The first kappa shape index (κ1) is 19.7. The molecular formula is C23H28N2O4. The summed E-state index contributed by atoms with van der Waals surface area (Å²) in [7, 11) is 0. The van der Waals surface area contributed by atoms with E-state index in [-0.39, 0.29) is 18.6 Å². The van der Waals surface area contributed by atoms with Gasteiger partial charge in [-0.25, -0.2) is 0 Å². The minimum Gasteiger partial charge on any atom is -0.493 e. The molecule has 1 N–H and O–H groups in total. The number of nitrogens with zero attached hydrogens (tertiary/aromatic N) is 1. The number of nitrogens with one attached hydrogen (secondary N) is 1. The molecule has 1 unspecified atom stereocenters. The minimum atomic E-state index is -0.0926. The minimum absolute atomic E-state index is 0.0562. The van der Waals surface area contributed by atoms with E-state index in [1.165, 1.54) is 5.69 Å². The van der Waals surface area contributed by atoms with Gasteiger partial charge < -0.3 is 24.4 Å². The second kappa shape index (κ2) is 9.29. The normalized spacial score (nSPS) is 18.7. The number of ether oxygens (including phenoxy) is 3. The van der Waals surface area contributed by atoms with Crippen molar-refractivity contribution in [1.82, 2.24) is 5.32 Å². The van der Waals surface area contributed by atoms with Gasteiger partial charge in [0.15, 0.2) is 0 Å². The smallest absolute Gasteiger partial charge is 0.246 e. The number of carbonyl (C=O) groups is 1. The first-order valence-corrected chi connectivity index (χ1v) is 10.3. The van der Waals surface area contributed by atoms with Gasteiger partial charge in [-0.15, -0.1) is 0 Å². The molecule has 0 spiro atoms. The van der Waals surface area contributed by atoms with Gasteiger partial charge in [0.25, 0.3) is 0 Å². The molecule has 0 aliphatic carbocycles. The third-order valence-electron chi connectivity index (χ3n) is 5.40. The number of carbonyl (C=O) groups excluding carboxylic acids is 1. The summed E-state index contributed by atoms with van der Waals surface area (Å²) in [6.45, 7) is 6.52. The molecule has 2 heterocycles. The van der Waals surface area contributed by atoms with Crippen molar-refractivity contribution in [3.8, 4) is 16.9 Å². The maximum absolute atomic E-state index is 12.1. The van der Waals surface area contributed by atoms with Crippen LogP contribution in [0.15, 0.2) is 42.5 Å². The average Bonchev–Trinajstić information content (AvgIpc) is 2.78. The molecule has 1 saturated heterocycles. The van der Waals surface area contributed by atoms with Crippen molar-refractivity contribution < 1.29 is 19.0 Å². The van der Waals surface area contributed by atoms with Crippen LogP contribution in [-0.4, -0.2) is 52.0 Å². The molecule has 4 rings (SSSR count). The molecular weight excluding hydrogens is 368 g/mol. The highest BCUT2D eigenvalue weighted by Gasteiger charge is 2.23. The fourth-order valence-corrected chi connectivity index (χ4v) is 3.84. The summed E-state index contributed by atoms with van der Waals surface area (Å²) in [5.74, 6) is 0.747. The predicted octanol–water partition coefficient (Wildman–Crippen LogP) is 3.17. The lowest BCUT2D eigenvalue weighted by atomic mass is 9.95. The number of fused-ring (bicyclic) bond motifs is 1. The van der Waals surface area contributed by atoms with E-state index in [1.807, 2.05) is 13.0 Å². The van der Waals surface area contributed by atoms with Crippen LogP contribution in [0.3, 0.4) is 0 Å². The number of rotatable bonds is 6. The Morgan fingerprint density at radius 1 is 1.10 bits per heavy atom. The zero-order valence-corrected chi connectivity index (χ0v) is 16.9. The van der Waals surface area contributed by atoms with E-state index >= 15 is 0 Å². The van der Waals surface area contributed by atoms with Crippen molar-refractivity contribution in [2.24, 2.45) is 0 Å². The van der Waals surface area contributed by atoms with Crippen LogP contribution in [0.2, 0.25) is 0 Å². The van der Waals surface area contributed by atoms with Crippen molar-refractivity contribution >= 4 is 11.6 Å². The molecule has 154 valence electrons. The first-order valence-electron chi connectivity index (χ1n) is 10.3. The Morgan fingerprint density at radius 2 is 1.86 bits per heavy atom. The zero-order valence-electron chi connectivity index (χ0n) is 16.9. The Morgan fingerprint density at radius 3 is 2.62 bits per heavy atom.